The Hall–Kier alpha value is -1.83. The Morgan fingerprint density at radius 2 is 2.04 bits per heavy atom. The molecule has 2 aromatic heterocycles. The van der Waals surface area contributed by atoms with Gasteiger partial charge in [-0.3, -0.25) is 14.2 Å². The molecule has 0 saturated carbocycles. The maximum Gasteiger partial charge on any atom is 0.250 e. The average molecular weight is 457 g/mol. The lowest BCUT2D eigenvalue weighted by molar-refractivity contribution is -0.119. The fourth-order valence-corrected chi connectivity index (χ4v) is 3.23. The van der Waals surface area contributed by atoms with E-state index in [-0.39, 0.29) is 5.91 Å². The zero-order valence-corrected chi connectivity index (χ0v) is 17.2. The predicted molar refractivity (Wildman–Crippen MR) is 106 cm³/mol. The number of nitrogens with one attached hydrogen (secondary N) is 1. The Balaban J connectivity index is 1.74. The van der Waals surface area contributed by atoms with Crippen LogP contribution in [0.5, 0.6) is 0 Å². The molecule has 1 aromatic carbocycles. The summed E-state index contributed by atoms with van der Waals surface area (Å²) in [5.74, 6) is 0.196. The van der Waals surface area contributed by atoms with Crippen molar-refractivity contribution in [2.45, 2.75) is 26.4 Å². The summed E-state index contributed by atoms with van der Waals surface area (Å²) in [6.07, 6.45) is 3.31. The minimum Gasteiger partial charge on any atom is -0.306 e. The summed E-state index contributed by atoms with van der Waals surface area (Å²) < 4.78 is 3.97. The molecule has 0 fully saturated rings. The van der Waals surface area contributed by atoms with Gasteiger partial charge >= 0.3 is 0 Å². The summed E-state index contributed by atoms with van der Waals surface area (Å²) in [7, 11) is 0. The number of hydrogen-bond donors (Lipinski definition) is 1. The highest BCUT2D eigenvalue weighted by Crippen LogP contribution is 2.24. The van der Waals surface area contributed by atoms with Gasteiger partial charge in [0.05, 0.1) is 27.9 Å². The van der Waals surface area contributed by atoms with Gasteiger partial charge in [0.1, 0.15) is 6.04 Å². The Morgan fingerprint density at radius 3 is 2.69 bits per heavy atom. The van der Waals surface area contributed by atoms with Crippen LogP contribution in [-0.4, -0.2) is 25.5 Å². The molecule has 6 nitrogen and oxygen atoms in total. The highest BCUT2D eigenvalue weighted by Gasteiger charge is 2.21. The summed E-state index contributed by atoms with van der Waals surface area (Å²) in [6, 6.07) is 7.03. The molecule has 9 heteroatoms. The van der Waals surface area contributed by atoms with Crippen LogP contribution in [0.15, 0.2) is 41.1 Å². The molecular formula is C17H16BrCl2N5O. The van der Waals surface area contributed by atoms with Crippen molar-refractivity contribution in [1.29, 1.82) is 0 Å². The highest BCUT2D eigenvalue weighted by molar-refractivity contribution is 9.10. The van der Waals surface area contributed by atoms with Crippen molar-refractivity contribution in [3.63, 3.8) is 0 Å². The SMILES string of the molecule is Cc1c(Cl)cnn1C(C)C(=O)Nc1nn(Cc2ccccc2Cl)cc1Br. The number of nitrogens with zero attached hydrogens (tertiary/aromatic N) is 4. The van der Waals surface area contributed by atoms with Gasteiger partial charge in [0.25, 0.3) is 0 Å². The van der Waals surface area contributed by atoms with Crippen molar-refractivity contribution in [3.05, 3.63) is 62.4 Å². The van der Waals surface area contributed by atoms with Gasteiger partial charge in [0, 0.05) is 11.2 Å². The maximum atomic E-state index is 12.5. The van der Waals surface area contributed by atoms with Crippen LogP contribution in [0.1, 0.15) is 24.2 Å². The Morgan fingerprint density at radius 1 is 1.31 bits per heavy atom. The number of carbonyl (C=O) groups is 1. The molecule has 1 atom stereocenters. The lowest BCUT2D eigenvalue weighted by Gasteiger charge is -2.13. The molecule has 0 aliphatic carbocycles. The van der Waals surface area contributed by atoms with Gasteiger partial charge in [-0.1, -0.05) is 41.4 Å². The van der Waals surface area contributed by atoms with Crippen LogP contribution in [0.3, 0.4) is 0 Å². The first kappa shape index (κ1) is 18.9. The standard InChI is InChI=1S/C17H16BrCl2N5O/c1-10-15(20)7-21-25(10)11(2)17(26)22-16-13(18)9-24(23-16)8-12-5-3-4-6-14(12)19/h3-7,9,11H,8H2,1-2H3,(H,22,23,26). The van der Waals surface area contributed by atoms with Crippen LogP contribution in [0, 0.1) is 6.92 Å². The monoisotopic (exact) mass is 455 g/mol. The molecular weight excluding hydrogens is 441 g/mol. The number of hydrogen-bond acceptors (Lipinski definition) is 3. The first-order chi connectivity index (χ1) is 12.4. The van der Waals surface area contributed by atoms with Gasteiger partial charge in [0.15, 0.2) is 5.82 Å². The first-order valence-electron chi connectivity index (χ1n) is 7.83. The van der Waals surface area contributed by atoms with Crippen molar-refractivity contribution in [2.75, 3.05) is 5.32 Å². The summed E-state index contributed by atoms with van der Waals surface area (Å²) in [6.45, 7) is 4.06. The molecule has 0 bridgehead atoms. The number of aromatic nitrogens is 4. The molecule has 2 heterocycles. The first-order valence-corrected chi connectivity index (χ1v) is 9.38. The fourth-order valence-electron chi connectivity index (χ4n) is 2.49. The van der Waals surface area contributed by atoms with Crippen LogP contribution >= 0.6 is 39.1 Å². The van der Waals surface area contributed by atoms with E-state index in [2.05, 4.69) is 31.4 Å². The van der Waals surface area contributed by atoms with Gasteiger partial charge in [0.2, 0.25) is 5.91 Å². The van der Waals surface area contributed by atoms with E-state index in [9.17, 15) is 4.79 Å². The highest BCUT2D eigenvalue weighted by atomic mass is 79.9. The van der Waals surface area contributed by atoms with Crippen LogP contribution in [-0.2, 0) is 11.3 Å². The Bertz CT molecular complexity index is 953. The molecule has 0 spiro atoms. The molecule has 0 saturated heterocycles. The van der Waals surface area contributed by atoms with Crippen LogP contribution < -0.4 is 5.32 Å². The van der Waals surface area contributed by atoms with E-state index >= 15 is 0 Å². The fraction of sp³-hybridized carbons (Fsp3) is 0.235. The van der Waals surface area contributed by atoms with E-state index in [4.69, 9.17) is 23.2 Å². The number of amides is 1. The minimum absolute atomic E-state index is 0.239. The number of halogens is 3. The Kier molecular flexibility index (Phi) is 5.70. The third-order valence-electron chi connectivity index (χ3n) is 3.98. The maximum absolute atomic E-state index is 12.5. The van der Waals surface area contributed by atoms with Crippen LogP contribution in [0.25, 0.3) is 0 Å². The molecule has 1 N–H and O–H groups in total. The second kappa shape index (κ2) is 7.82. The van der Waals surface area contributed by atoms with Gasteiger partial charge in [-0.05, 0) is 41.4 Å². The summed E-state index contributed by atoms with van der Waals surface area (Å²) in [5.41, 5.74) is 1.68. The second-order valence-corrected chi connectivity index (χ2v) is 7.47. The van der Waals surface area contributed by atoms with Gasteiger partial charge in [-0.15, -0.1) is 0 Å². The topological polar surface area (TPSA) is 64.7 Å². The van der Waals surface area contributed by atoms with Gasteiger partial charge in [-0.2, -0.15) is 10.2 Å². The molecule has 1 amide bonds. The van der Waals surface area contributed by atoms with Crippen molar-refractivity contribution >= 4 is 50.9 Å². The normalized spacial score (nSPS) is 12.2. The quantitative estimate of drug-likeness (QED) is 0.604. The van der Waals surface area contributed by atoms with Crippen molar-refractivity contribution in [2.24, 2.45) is 0 Å². The smallest absolute Gasteiger partial charge is 0.250 e. The van der Waals surface area contributed by atoms with Crippen LogP contribution in [0.4, 0.5) is 5.82 Å². The molecule has 136 valence electrons. The largest absolute Gasteiger partial charge is 0.306 e. The predicted octanol–water partition coefficient (Wildman–Crippen LogP) is 4.71. The molecule has 1 unspecified atom stereocenters. The lowest BCUT2D eigenvalue weighted by Crippen LogP contribution is -2.25. The summed E-state index contributed by atoms with van der Waals surface area (Å²) in [4.78, 5) is 12.5. The third kappa shape index (κ3) is 3.95. The van der Waals surface area contributed by atoms with E-state index in [1.54, 1.807) is 22.5 Å². The van der Waals surface area contributed by atoms with Crippen molar-refractivity contribution in [1.82, 2.24) is 19.6 Å². The number of carbonyl (C=O) groups excluding carboxylic acids is 1. The summed E-state index contributed by atoms with van der Waals surface area (Å²) >= 11 is 15.6. The zero-order valence-electron chi connectivity index (χ0n) is 14.1. The minimum atomic E-state index is -0.525. The molecule has 0 aliphatic rings. The van der Waals surface area contributed by atoms with Gasteiger partial charge in [-0.25, -0.2) is 0 Å². The number of anilines is 1. The van der Waals surface area contributed by atoms with E-state index in [1.165, 1.54) is 6.20 Å². The lowest BCUT2D eigenvalue weighted by atomic mass is 10.2. The number of rotatable bonds is 5. The molecule has 0 radical (unpaired) electrons. The van der Waals surface area contributed by atoms with E-state index in [0.717, 1.165) is 11.3 Å². The molecule has 3 rings (SSSR count). The Labute approximate surface area is 169 Å². The van der Waals surface area contributed by atoms with E-state index in [0.29, 0.717) is 26.9 Å². The molecule has 3 aromatic rings. The van der Waals surface area contributed by atoms with Crippen molar-refractivity contribution in [3.8, 4) is 0 Å². The zero-order chi connectivity index (χ0) is 18.8. The van der Waals surface area contributed by atoms with Crippen LogP contribution in [0.2, 0.25) is 10.0 Å². The van der Waals surface area contributed by atoms with E-state index < -0.39 is 6.04 Å². The van der Waals surface area contributed by atoms with E-state index in [1.807, 2.05) is 31.2 Å². The molecule has 0 aliphatic heterocycles. The third-order valence-corrected chi connectivity index (χ3v) is 5.30. The van der Waals surface area contributed by atoms with Crippen molar-refractivity contribution < 1.29 is 4.79 Å². The van der Waals surface area contributed by atoms with Gasteiger partial charge < -0.3 is 5.32 Å². The second-order valence-electron chi connectivity index (χ2n) is 5.80. The summed E-state index contributed by atoms with van der Waals surface area (Å²) in [5, 5.41) is 12.6. The number of benzene rings is 1. The average Bonchev–Trinajstić information content (AvgIpc) is 3.12. The molecule has 26 heavy (non-hydrogen) atoms.